The van der Waals surface area contributed by atoms with Gasteiger partial charge in [0.2, 0.25) is 17.6 Å². The largest absolute Gasteiger partial charge is 0.349 e. The van der Waals surface area contributed by atoms with E-state index in [-0.39, 0.29) is 12.3 Å². The Balaban J connectivity index is 1.30. The molecule has 0 saturated carbocycles. The minimum Gasteiger partial charge on any atom is -0.349 e. The van der Waals surface area contributed by atoms with E-state index in [2.05, 4.69) is 62.3 Å². The molecule has 4 aromatic rings. The number of rotatable bonds is 6. The number of carbonyl (C=O) groups excluding carboxylic acids is 1. The number of halogens is 2. The Labute approximate surface area is 176 Å². The maximum atomic E-state index is 12.1. The van der Waals surface area contributed by atoms with Crippen LogP contribution in [0.2, 0.25) is 0 Å². The van der Waals surface area contributed by atoms with Crippen molar-refractivity contribution >= 4 is 48.9 Å². The van der Waals surface area contributed by atoms with Crippen LogP contribution in [0.3, 0.4) is 0 Å². The maximum absolute atomic E-state index is 12.1. The Kier molecular flexibility index (Phi) is 5.49. The Morgan fingerprint density at radius 3 is 2.93 bits per heavy atom. The van der Waals surface area contributed by atoms with Gasteiger partial charge in [-0.05, 0) is 34.1 Å². The number of hydrogen-bond donors (Lipinski definition) is 2. The second kappa shape index (κ2) is 8.19. The van der Waals surface area contributed by atoms with E-state index in [1.807, 2.05) is 30.3 Å². The number of fused-ring (bicyclic) bond motifs is 1. The summed E-state index contributed by atoms with van der Waals surface area (Å²) in [5.41, 5.74) is 2.27. The maximum Gasteiger partial charge on any atom is 0.227 e. The summed E-state index contributed by atoms with van der Waals surface area (Å²) in [6.45, 7) is 0.292. The summed E-state index contributed by atoms with van der Waals surface area (Å²) in [7, 11) is 0. The molecule has 28 heavy (non-hydrogen) atoms. The fourth-order valence-corrected chi connectivity index (χ4v) is 3.33. The van der Waals surface area contributed by atoms with Gasteiger partial charge in [0, 0.05) is 33.5 Å². The standard InChI is InChI=1S/C18H14Br2N6O2/c19-11-3-1-2-10(6-11)17-25-16(28-26-17)5-4-15(27)21-9-14-23-13-7-12(20)8-22-18(13)24-14/h1-3,6-8H,4-5,9H2,(H,21,27)(H,22,23,24). The first-order chi connectivity index (χ1) is 13.6. The fraction of sp³-hybridized carbons (Fsp3) is 0.167. The summed E-state index contributed by atoms with van der Waals surface area (Å²) in [6.07, 6.45) is 2.28. The number of nitrogens with one attached hydrogen (secondary N) is 2. The zero-order valence-corrected chi connectivity index (χ0v) is 17.6. The predicted octanol–water partition coefficient (Wildman–Crippen LogP) is 3.78. The SMILES string of the molecule is O=C(CCc1nc(-c2cccc(Br)c2)no1)NCc1nc2ncc(Br)cc2[nH]1. The van der Waals surface area contributed by atoms with Crippen LogP contribution in [-0.4, -0.2) is 31.0 Å². The molecule has 0 radical (unpaired) electrons. The van der Waals surface area contributed by atoms with Crippen molar-refractivity contribution in [3.8, 4) is 11.4 Å². The van der Waals surface area contributed by atoms with E-state index in [0.29, 0.717) is 36.2 Å². The number of aromatic amines is 1. The Hall–Kier alpha value is -2.59. The van der Waals surface area contributed by atoms with Crippen molar-refractivity contribution in [3.63, 3.8) is 0 Å². The van der Waals surface area contributed by atoms with Crippen LogP contribution in [0.5, 0.6) is 0 Å². The molecule has 4 rings (SSSR count). The molecule has 0 fully saturated rings. The molecule has 142 valence electrons. The lowest BCUT2D eigenvalue weighted by atomic mass is 10.2. The van der Waals surface area contributed by atoms with Gasteiger partial charge in [-0.25, -0.2) is 9.97 Å². The molecule has 0 aliphatic rings. The summed E-state index contributed by atoms with van der Waals surface area (Å²) in [5.74, 6) is 1.43. The minimum atomic E-state index is -0.128. The monoisotopic (exact) mass is 504 g/mol. The Morgan fingerprint density at radius 1 is 1.18 bits per heavy atom. The molecule has 8 nitrogen and oxygen atoms in total. The number of pyridine rings is 1. The number of H-pyrrole nitrogens is 1. The van der Waals surface area contributed by atoms with E-state index in [9.17, 15) is 4.79 Å². The quantitative estimate of drug-likeness (QED) is 0.412. The van der Waals surface area contributed by atoms with Crippen LogP contribution < -0.4 is 5.32 Å². The van der Waals surface area contributed by atoms with E-state index < -0.39 is 0 Å². The summed E-state index contributed by atoms with van der Waals surface area (Å²) in [6, 6.07) is 9.51. The third kappa shape index (κ3) is 4.45. The van der Waals surface area contributed by atoms with Gasteiger partial charge in [-0.15, -0.1) is 0 Å². The van der Waals surface area contributed by atoms with Gasteiger partial charge >= 0.3 is 0 Å². The smallest absolute Gasteiger partial charge is 0.227 e. The van der Waals surface area contributed by atoms with Crippen molar-refractivity contribution in [2.45, 2.75) is 19.4 Å². The molecule has 0 bridgehead atoms. The van der Waals surface area contributed by atoms with Crippen LogP contribution in [-0.2, 0) is 17.8 Å². The number of imidazole rings is 1. The molecule has 0 aliphatic carbocycles. The van der Waals surface area contributed by atoms with Crippen LogP contribution in [0.1, 0.15) is 18.1 Å². The van der Waals surface area contributed by atoms with Gasteiger partial charge < -0.3 is 14.8 Å². The first-order valence-corrected chi connectivity index (χ1v) is 10.0. The molecule has 3 heterocycles. The van der Waals surface area contributed by atoms with Gasteiger partial charge in [0.05, 0.1) is 12.1 Å². The summed E-state index contributed by atoms with van der Waals surface area (Å²) < 4.78 is 7.03. The predicted molar refractivity (Wildman–Crippen MR) is 109 cm³/mol. The average Bonchev–Trinajstić information content (AvgIpc) is 3.31. The Morgan fingerprint density at radius 2 is 2.07 bits per heavy atom. The number of amides is 1. The van der Waals surface area contributed by atoms with Gasteiger partial charge in [-0.3, -0.25) is 4.79 Å². The molecular weight excluding hydrogens is 492 g/mol. The van der Waals surface area contributed by atoms with Crippen molar-refractivity contribution < 1.29 is 9.32 Å². The van der Waals surface area contributed by atoms with Crippen LogP contribution in [0.4, 0.5) is 0 Å². The van der Waals surface area contributed by atoms with Gasteiger partial charge in [0.15, 0.2) is 5.65 Å². The van der Waals surface area contributed by atoms with Crippen LogP contribution >= 0.6 is 31.9 Å². The topological polar surface area (TPSA) is 110 Å². The highest BCUT2D eigenvalue weighted by Crippen LogP contribution is 2.20. The van der Waals surface area contributed by atoms with E-state index in [1.54, 1.807) is 6.20 Å². The molecule has 1 amide bonds. The molecule has 10 heteroatoms. The van der Waals surface area contributed by atoms with Crippen LogP contribution in [0.15, 0.2) is 50.0 Å². The third-order valence-electron chi connectivity index (χ3n) is 3.92. The van der Waals surface area contributed by atoms with Crippen LogP contribution in [0.25, 0.3) is 22.6 Å². The highest BCUT2D eigenvalue weighted by molar-refractivity contribution is 9.10. The molecular formula is C18H14Br2N6O2. The third-order valence-corrected chi connectivity index (χ3v) is 4.85. The summed E-state index contributed by atoms with van der Waals surface area (Å²) in [4.78, 5) is 28.1. The second-order valence-electron chi connectivity index (χ2n) is 6.01. The first-order valence-electron chi connectivity index (χ1n) is 8.42. The summed E-state index contributed by atoms with van der Waals surface area (Å²) in [5, 5.41) is 6.79. The highest BCUT2D eigenvalue weighted by atomic mass is 79.9. The van der Waals surface area contributed by atoms with Gasteiger partial charge in [-0.1, -0.05) is 33.2 Å². The zero-order valence-electron chi connectivity index (χ0n) is 14.4. The van der Waals surface area contributed by atoms with Crippen molar-refractivity contribution in [2.75, 3.05) is 0 Å². The van der Waals surface area contributed by atoms with E-state index in [1.165, 1.54) is 0 Å². The fourth-order valence-electron chi connectivity index (χ4n) is 2.60. The first kappa shape index (κ1) is 18.8. The molecule has 1 aromatic carbocycles. The molecule has 2 N–H and O–H groups in total. The van der Waals surface area contributed by atoms with Crippen LogP contribution in [0, 0.1) is 0 Å². The van der Waals surface area contributed by atoms with Gasteiger partial charge in [0.1, 0.15) is 5.82 Å². The number of aryl methyl sites for hydroxylation is 1. The van der Waals surface area contributed by atoms with Crippen molar-refractivity contribution in [2.24, 2.45) is 0 Å². The highest BCUT2D eigenvalue weighted by Gasteiger charge is 2.12. The average molecular weight is 506 g/mol. The van der Waals surface area contributed by atoms with Gasteiger partial charge in [-0.2, -0.15) is 4.98 Å². The molecule has 0 aliphatic heterocycles. The van der Waals surface area contributed by atoms with E-state index in [4.69, 9.17) is 4.52 Å². The van der Waals surface area contributed by atoms with Gasteiger partial charge in [0.25, 0.3) is 0 Å². The number of aromatic nitrogens is 5. The molecule has 3 aromatic heterocycles. The number of nitrogens with zero attached hydrogens (tertiary/aromatic N) is 4. The normalized spacial score (nSPS) is 11.1. The van der Waals surface area contributed by atoms with Crippen molar-refractivity contribution in [1.29, 1.82) is 0 Å². The molecule has 0 saturated heterocycles. The second-order valence-corrected chi connectivity index (χ2v) is 7.84. The van der Waals surface area contributed by atoms with Crippen molar-refractivity contribution in [1.82, 2.24) is 30.4 Å². The van der Waals surface area contributed by atoms with Crippen molar-refractivity contribution in [3.05, 3.63) is 57.2 Å². The lowest BCUT2D eigenvalue weighted by Crippen LogP contribution is -2.23. The molecule has 0 spiro atoms. The zero-order chi connectivity index (χ0) is 19.5. The number of carbonyl (C=O) groups is 1. The van der Waals surface area contributed by atoms with E-state index >= 15 is 0 Å². The number of hydrogen-bond acceptors (Lipinski definition) is 6. The lowest BCUT2D eigenvalue weighted by molar-refractivity contribution is -0.121. The number of benzene rings is 1. The molecule has 0 atom stereocenters. The minimum absolute atomic E-state index is 0.128. The molecule has 0 unspecified atom stereocenters. The lowest BCUT2D eigenvalue weighted by Gasteiger charge is -2.01. The Bertz CT molecular complexity index is 1140. The van der Waals surface area contributed by atoms with E-state index in [0.717, 1.165) is 20.0 Å². The summed E-state index contributed by atoms with van der Waals surface area (Å²) >= 11 is 6.78.